The number of alkyl halides is 3. The summed E-state index contributed by atoms with van der Waals surface area (Å²) in [5, 5.41) is 10.5. The molecule has 2 aliphatic heterocycles. The molecule has 3 aliphatic rings. The highest BCUT2D eigenvalue weighted by Crippen LogP contribution is 2.34. The molecular weight excluding hydrogens is 559 g/mol. The molecule has 0 radical (unpaired) electrons. The van der Waals surface area contributed by atoms with Crippen molar-refractivity contribution in [3.8, 4) is 0 Å². The van der Waals surface area contributed by atoms with Crippen LogP contribution in [0, 0.1) is 38.5 Å². The van der Waals surface area contributed by atoms with Crippen molar-refractivity contribution in [1.82, 2.24) is 15.1 Å². The zero-order valence-electron chi connectivity index (χ0n) is 25.1. The van der Waals surface area contributed by atoms with E-state index < -0.39 is 12.1 Å². The van der Waals surface area contributed by atoms with Crippen molar-refractivity contribution in [2.45, 2.75) is 65.1 Å². The molecule has 2 unspecified atom stereocenters. The highest BCUT2D eigenvalue weighted by atomic mass is 19.4. The fourth-order valence-corrected chi connectivity index (χ4v) is 6.91. The van der Waals surface area contributed by atoms with Gasteiger partial charge in [0, 0.05) is 44.2 Å². The Balaban J connectivity index is 0.000000541. The van der Waals surface area contributed by atoms with E-state index in [0.717, 1.165) is 68.7 Å². The topological polar surface area (TPSA) is 90.0 Å². The van der Waals surface area contributed by atoms with E-state index in [1.807, 2.05) is 6.07 Å². The van der Waals surface area contributed by atoms with Gasteiger partial charge in [0.25, 0.3) is 5.91 Å². The molecule has 2 N–H and O–H groups in total. The summed E-state index contributed by atoms with van der Waals surface area (Å²) in [6, 6.07) is 14.7. The highest BCUT2D eigenvalue weighted by Gasteiger charge is 2.42. The Bertz CT molecular complexity index is 1260. The first-order chi connectivity index (χ1) is 20.3. The van der Waals surface area contributed by atoms with E-state index in [9.17, 15) is 22.8 Å². The number of hydrogen-bond acceptors (Lipinski definition) is 4. The molecule has 2 aromatic carbocycles. The predicted octanol–water partition coefficient (Wildman–Crippen LogP) is 5.69. The molecule has 43 heavy (non-hydrogen) atoms. The number of aryl methyl sites for hydroxylation is 3. The van der Waals surface area contributed by atoms with E-state index in [2.05, 4.69) is 72.3 Å². The third kappa shape index (κ3) is 8.37. The Morgan fingerprint density at radius 3 is 1.98 bits per heavy atom. The van der Waals surface area contributed by atoms with Crippen LogP contribution in [0.25, 0.3) is 0 Å². The monoisotopic (exact) mass is 601 g/mol. The molecule has 234 valence electrons. The van der Waals surface area contributed by atoms with Gasteiger partial charge in [-0.3, -0.25) is 9.59 Å². The number of rotatable bonds is 7. The summed E-state index contributed by atoms with van der Waals surface area (Å²) in [6.07, 6.45) is 0.242. The van der Waals surface area contributed by atoms with E-state index in [4.69, 9.17) is 9.90 Å². The van der Waals surface area contributed by atoms with Crippen LogP contribution >= 0.6 is 0 Å². The van der Waals surface area contributed by atoms with Crippen molar-refractivity contribution in [2.75, 3.05) is 32.7 Å². The molecule has 0 bridgehead atoms. The number of fused-ring (bicyclic) bond motifs is 1. The number of nitrogens with one attached hydrogen (secondary N) is 1. The van der Waals surface area contributed by atoms with Gasteiger partial charge in [-0.05, 0) is 68.6 Å². The Morgan fingerprint density at radius 1 is 0.930 bits per heavy atom. The molecule has 0 spiro atoms. The maximum Gasteiger partial charge on any atom is 0.490 e. The van der Waals surface area contributed by atoms with Gasteiger partial charge in [-0.15, -0.1) is 0 Å². The quantitative estimate of drug-likeness (QED) is 0.426. The van der Waals surface area contributed by atoms with Crippen LogP contribution in [0.15, 0.2) is 42.5 Å². The van der Waals surface area contributed by atoms with Crippen LogP contribution in [0.3, 0.4) is 0 Å². The van der Waals surface area contributed by atoms with Crippen LogP contribution in [-0.2, 0) is 9.59 Å². The maximum absolute atomic E-state index is 13.4. The third-order valence-corrected chi connectivity index (χ3v) is 8.96. The molecule has 2 saturated heterocycles. The average molecular weight is 602 g/mol. The van der Waals surface area contributed by atoms with Gasteiger partial charge in [-0.1, -0.05) is 60.9 Å². The van der Waals surface area contributed by atoms with Gasteiger partial charge in [0.15, 0.2) is 0 Å². The van der Waals surface area contributed by atoms with E-state index in [1.54, 1.807) is 0 Å². The summed E-state index contributed by atoms with van der Waals surface area (Å²) in [5.41, 5.74) is 5.47. The SMILES string of the molecule is Cc1cc(C)c(C(=O)N2CC3CN(CCC(NC(=O)C4CCCC4)c4ccccc4)C[C@H]3C2)c(C)c1.O=C(O)C(F)(F)F. The fourth-order valence-electron chi connectivity index (χ4n) is 6.91. The van der Waals surface area contributed by atoms with E-state index in [0.29, 0.717) is 11.8 Å². The Kier molecular flexibility index (Phi) is 10.5. The molecule has 10 heteroatoms. The maximum atomic E-state index is 13.4. The number of carbonyl (C=O) groups excluding carboxylic acids is 2. The standard InChI is InChI=1S/C31H41N3O2.C2HF3O2/c1-21-15-22(2)29(23(3)16-21)31(36)34-19-26-17-33(18-27(26)20-34)14-13-28(24-9-5-4-6-10-24)32-30(35)25-11-7-8-12-25;3-2(4,5)1(6)7/h4-6,9-10,15-16,25-28H,7-8,11-14,17-20H2,1-3H3,(H,32,35);(H,6,7)/t26-,27?,28?;/m0./s1. The minimum Gasteiger partial charge on any atom is -0.475 e. The third-order valence-electron chi connectivity index (χ3n) is 8.96. The first kappa shape index (κ1) is 32.5. The van der Waals surface area contributed by atoms with Crippen LogP contribution in [0.2, 0.25) is 0 Å². The first-order valence-corrected chi connectivity index (χ1v) is 15.1. The van der Waals surface area contributed by atoms with Crippen LogP contribution < -0.4 is 5.32 Å². The number of likely N-dealkylation sites (tertiary alicyclic amines) is 2. The van der Waals surface area contributed by atoms with E-state index in [1.165, 1.54) is 24.0 Å². The number of carboxylic acids is 1. The number of halogens is 3. The average Bonchev–Trinajstić information content (AvgIpc) is 3.68. The lowest BCUT2D eigenvalue weighted by Gasteiger charge is -2.26. The van der Waals surface area contributed by atoms with Crippen LogP contribution in [0.4, 0.5) is 13.2 Å². The lowest BCUT2D eigenvalue weighted by Crippen LogP contribution is -2.37. The second-order valence-corrected chi connectivity index (χ2v) is 12.3. The molecular formula is C33H42F3N3O4. The van der Waals surface area contributed by atoms with Crippen molar-refractivity contribution >= 4 is 17.8 Å². The molecule has 2 aromatic rings. The predicted molar refractivity (Wildman–Crippen MR) is 158 cm³/mol. The number of benzene rings is 2. The zero-order chi connectivity index (χ0) is 31.3. The smallest absolute Gasteiger partial charge is 0.475 e. The van der Waals surface area contributed by atoms with Crippen LogP contribution in [0.5, 0.6) is 0 Å². The number of nitrogens with zero attached hydrogens (tertiary/aromatic N) is 2. The van der Waals surface area contributed by atoms with Gasteiger partial charge in [-0.2, -0.15) is 13.2 Å². The minimum atomic E-state index is -5.08. The van der Waals surface area contributed by atoms with E-state index >= 15 is 0 Å². The number of aliphatic carboxylic acids is 1. The number of hydrogen-bond donors (Lipinski definition) is 2. The van der Waals surface area contributed by atoms with Gasteiger partial charge in [0.1, 0.15) is 0 Å². The number of carbonyl (C=O) groups is 3. The van der Waals surface area contributed by atoms with Crippen molar-refractivity contribution in [3.63, 3.8) is 0 Å². The summed E-state index contributed by atoms with van der Waals surface area (Å²) >= 11 is 0. The first-order valence-electron chi connectivity index (χ1n) is 15.1. The molecule has 1 aliphatic carbocycles. The molecule has 5 rings (SSSR count). The van der Waals surface area contributed by atoms with Crippen molar-refractivity contribution in [1.29, 1.82) is 0 Å². The summed E-state index contributed by atoms with van der Waals surface area (Å²) in [4.78, 5) is 39.8. The molecule has 1 saturated carbocycles. The Morgan fingerprint density at radius 2 is 1.47 bits per heavy atom. The summed E-state index contributed by atoms with van der Waals surface area (Å²) < 4.78 is 31.7. The van der Waals surface area contributed by atoms with Gasteiger partial charge < -0.3 is 20.2 Å². The normalized spacial score (nSPS) is 21.2. The second-order valence-electron chi connectivity index (χ2n) is 12.3. The molecule has 3 atom stereocenters. The van der Waals surface area contributed by atoms with Crippen LogP contribution in [0.1, 0.15) is 70.8 Å². The second kappa shape index (κ2) is 13.9. The Labute approximate surface area is 251 Å². The van der Waals surface area contributed by atoms with Crippen molar-refractivity contribution < 1.29 is 32.7 Å². The zero-order valence-corrected chi connectivity index (χ0v) is 25.1. The summed E-state index contributed by atoms with van der Waals surface area (Å²) in [6.45, 7) is 11.0. The number of amides is 2. The lowest BCUT2D eigenvalue weighted by molar-refractivity contribution is -0.192. The summed E-state index contributed by atoms with van der Waals surface area (Å²) in [5.74, 6) is -1.05. The van der Waals surface area contributed by atoms with Gasteiger partial charge in [0.2, 0.25) is 5.91 Å². The van der Waals surface area contributed by atoms with Gasteiger partial charge >= 0.3 is 12.1 Å². The lowest BCUT2D eigenvalue weighted by atomic mass is 9.99. The van der Waals surface area contributed by atoms with Crippen molar-refractivity contribution in [2.24, 2.45) is 17.8 Å². The van der Waals surface area contributed by atoms with E-state index in [-0.39, 0.29) is 23.8 Å². The molecule has 2 heterocycles. The van der Waals surface area contributed by atoms with Crippen LogP contribution in [-0.4, -0.2) is 71.6 Å². The van der Waals surface area contributed by atoms with Crippen molar-refractivity contribution in [3.05, 3.63) is 70.3 Å². The fraction of sp³-hybridized carbons (Fsp3) is 0.545. The Hall–Kier alpha value is -3.40. The molecule has 2 amide bonds. The van der Waals surface area contributed by atoms with Gasteiger partial charge in [0.05, 0.1) is 6.04 Å². The highest BCUT2D eigenvalue weighted by molar-refractivity contribution is 5.97. The number of carboxylic acid groups (broad SMARTS) is 1. The minimum absolute atomic E-state index is 0.0605. The molecule has 0 aromatic heterocycles. The molecule has 7 nitrogen and oxygen atoms in total. The van der Waals surface area contributed by atoms with Gasteiger partial charge in [-0.25, -0.2) is 4.79 Å². The summed E-state index contributed by atoms with van der Waals surface area (Å²) in [7, 11) is 0. The largest absolute Gasteiger partial charge is 0.490 e. The molecule has 3 fully saturated rings.